The molecule has 7 heteroatoms. The van der Waals surface area contributed by atoms with Crippen LogP contribution in [0.2, 0.25) is 0 Å². The van der Waals surface area contributed by atoms with Gasteiger partial charge in [-0.1, -0.05) is 35.0 Å². The number of hydrogen-bond donors (Lipinski definition) is 2. The Hall–Kier alpha value is -2.93. The largest absolute Gasteiger partial charge is 0.459 e. The summed E-state index contributed by atoms with van der Waals surface area (Å²) in [5.74, 6) is 1.20. The molecule has 3 rings (SSSR count). The number of benzene rings is 1. The summed E-state index contributed by atoms with van der Waals surface area (Å²) in [6, 6.07) is 11.5. The summed E-state index contributed by atoms with van der Waals surface area (Å²) in [5.41, 5.74) is 2.26. The fraction of sp³-hybridized carbons (Fsp3) is 0.278. The van der Waals surface area contributed by atoms with Gasteiger partial charge in [0.2, 0.25) is 5.91 Å². The van der Waals surface area contributed by atoms with Gasteiger partial charge in [0, 0.05) is 0 Å². The Labute approximate surface area is 145 Å². The molecule has 7 nitrogen and oxygen atoms in total. The minimum atomic E-state index is -0.0946. The van der Waals surface area contributed by atoms with E-state index in [-0.39, 0.29) is 18.5 Å². The van der Waals surface area contributed by atoms with E-state index in [2.05, 4.69) is 20.8 Å². The molecule has 1 atom stereocenters. The summed E-state index contributed by atoms with van der Waals surface area (Å²) in [5, 5.41) is 9.79. The SMILES string of the molecule is Cc1ccc([C@H](C)NC(=O)CNCc2noc(-c3ccco3)n2)cc1. The number of furan rings is 1. The van der Waals surface area contributed by atoms with E-state index in [1.807, 2.05) is 38.1 Å². The summed E-state index contributed by atoms with van der Waals surface area (Å²) in [6.07, 6.45) is 1.54. The van der Waals surface area contributed by atoms with Crippen LogP contribution in [-0.4, -0.2) is 22.6 Å². The molecule has 3 aromatic rings. The lowest BCUT2D eigenvalue weighted by molar-refractivity contribution is -0.120. The van der Waals surface area contributed by atoms with Crippen LogP contribution in [0.3, 0.4) is 0 Å². The Bertz CT molecular complexity index is 809. The molecule has 0 unspecified atom stereocenters. The molecular formula is C18H20N4O3. The second-order valence-corrected chi connectivity index (χ2v) is 5.80. The number of aromatic nitrogens is 2. The van der Waals surface area contributed by atoms with Crippen LogP contribution in [-0.2, 0) is 11.3 Å². The van der Waals surface area contributed by atoms with Crippen molar-refractivity contribution in [1.82, 2.24) is 20.8 Å². The highest BCUT2D eigenvalue weighted by Gasteiger charge is 2.12. The highest BCUT2D eigenvalue weighted by Crippen LogP contribution is 2.16. The number of aryl methyl sites for hydroxylation is 1. The van der Waals surface area contributed by atoms with Gasteiger partial charge >= 0.3 is 0 Å². The lowest BCUT2D eigenvalue weighted by atomic mass is 10.1. The zero-order valence-electron chi connectivity index (χ0n) is 14.2. The first-order valence-electron chi connectivity index (χ1n) is 8.05. The van der Waals surface area contributed by atoms with Gasteiger partial charge in [-0.05, 0) is 31.5 Å². The van der Waals surface area contributed by atoms with Crippen LogP contribution in [0.4, 0.5) is 0 Å². The molecular weight excluding hydrogens is 320 g/mol. The summed E-state index contributed by atoms with van der Waals surface area (Å²) >= 11 is 0. The van der Waals surface area contributed by atoms with Crippen LogP contribution in [0.1, 0.15) is 29.9 Å². The van der Waals surface area contributed by atoms with E-state index in [1.165, 1.54) is 11.8 Å². The van der Waals surface area contributed by atoms with Gasteiger partial charge < -0.3 is 19.6 Å². The van der Waals surface area contributed by atoms with E-state index in [0.717, 1.165) is 5.56 Å². The third-order valence-electron chi connectivity index (χ3n) is 3.72. The van der Waals surface area contributed by atoms with Crippen molar-refractivity contribution in [2.24, 2.45) is 0 Å². The first-order chi connectivity index (χ1) is 12.1. The molecule has 0 aliphatic rings. The lowest BCUT2D eigenvalue weighted by Crippen LogP contribution is -2.35. The quantitative estimate of drug-likeness (QED) is 0.687. The van der Waals surface area contributed by atoms with Crippen molar-refractivity contribution < 1.29 is 13.7 Å². The smallest absolute Gasteiger partial charge is 0.293 e. The number of rotatable bonds is 7. The van der Waals surface area contributed by atoms with Gasteiger partial charge in [-0.15, -0.1) is 0 Å². The molecule has 1 amide bonds. The van der Waals surface area contributed by atoms with Gasteiger partial charge in [-0.3, -0.25) is 4.79 Å². The normalized spacial score (nSPS) is 12.1. The van der Waals surface area contributed by atoms with Crippen molar-refractivity contribution in [3.05, 3.63) is 59.6 Å². The molecule has 0 spiro atoms. The van der Waals surface area contributed by atoms with E-state index >= 15 is 0 Å². The van der Waals surface area contributed by atoms with E-state index in [1.54, 1.807) is 12.1 Å². The van der Waals surface area contributed by atoms with Crippen molar-refractivity contribution in [2.45, 2.75) is 26.4 Å². The predicted molar refractivity (Wildman–Crippen MR) is 91.4 cm³/mol. The van der Waals surface area contributed by atoms with Crippen LogP contribution >= 0.6 is 0 Å². The van der Waals surface area contributed by atoms with Gasteiger partial charge in [-0.25, -0.2) is 0 Å². The molecule has 0 aliphatic carbocycles. The number of carbonyl (C=O) groups excluding carboxylic acids is 1. The molecule has 2 heterocycles. The van der Waals surface area contributed by atoms with E-state index in [4.69, 9.17) is 8.94 Å². The lowest BCUT2D eigenvalue weighted by Gasteiger charge is -2.14. The Balaban J connectivity index is 1.44. The molecule has 0 aliphatic heterocycles. The number of nitrogens with zero attached hydrogens (tertiary/aromatic N) is 2. The Morgan fingerprint density at radius 2 is 2.04 bits per heavy atom. The first kappa shape index (κ1) is 16.9. The monoisotopic (exact) mass is 340 g/mol. The van der Waals surface area contributed by atoms with Crippen molar-refractivity contribution in [2.75, 3.05) is 6.54 Å². The minimum Gasteiger partial charge on any atom is -0.459 e. The summed E-state index contributed by atoms with van der Waals surface area (Å²) in [6.45, 7) is 4.49. The van der Waals surface area contributed by atoms with E-state index < -0.39 is 0 Å². The average Bonchev–Trinajstić information content (AvgIpc) is 3.26. The van der Waals surface area contributed by atoms with E-state index in [0.29, 0.717) is 24.0 Å². The van der Waals surface area contributed by atoms with Crippen molar-refractivity contribution >= 4 is 5.91 Å². The summed E-state index contributed by atoms with van der Waals surface area (Å²) in [7, 11) is 0. The zero-order chi connectivity index (χ0) is 17.6. The second-order valence-electron chi connectivity index (χ2n) is 5.80. The Kier molecular flexibility index (Phi) is 5.25. The maximum absolute atomic E-state index is 12.0. The number of hydrogen-bond acceptors (Lipinski definition) is 6. The third-order valence-corrected chi connectivity index (χ3v) is 3.72. The fourth-order valence-electron chi connectivity index (χ4n) is 2.34. The topological polar surface area (TPSA) is 93.2 Å². The highest BCUT2D eigenvalue weighted by molar-refractivity contribution is 5.78. The molecule has 0 saturated carbocycles. The molecule has 0 saturated heterocycles. The average molecular weight is 340 g/mol. The Morgan fingerprint density at radius 1 is 1.24 bits per heavy atom. The molecule has 0 bridgehead atoms. The molecule has 0 fully saturated rings. The number of carbonyl (C=O) groups is 1. The highest BCUT2D eigenvalue weighted by atomic mass is 16.5. The van der Waals surface area contributed by atoms with Gasteiger partial charge in [0.1, 0.15) is 0 Å². The molecule has 2 N–H and O–H groups in total. The van der Waals surface area contributed by atoms with E-state index in [9.17, 15) is 4.79 Å². The van der Waals surface area contributed by atoms with Crippen LogP contribution in [0, 0.1) is 6.92 Å². The number of amides is 1. The van der Waals surface area contributed by atoms with Crippen LogP contribution in [0.15, 0.2) is 51.6 Å². The van der Waals surface area contributed by atoms with Crippen molar-refractivity contribution in [1.29, 1.82) is 0 Å². The van der Waals surface area contributed by atoms with Crippen molar-refractivity contribution in [3.63, 3.8) is 0 Å². The minimum absolute atomic E-state index is 0.0503. The van der Waals surface area contributed by atoms with Gasteiger partial charge in [0.15, 0.2) is 11.6 Å². The fourth-order valence-corrected chi connectivity index (χ4v) is 2.34. The first-order valence-corrected chi connectivity index (χ1v) is 8.05. The maximum atomic E-state index is 12.0. The molecule has 130 valence electrons. The second kappa shape index (κ2) is 7.76. The summed E-state index contributed by atoms with van der Waals surface area (Å²) < 4.78 is 10.3. The van der Waals surface area contributed by atoms with Gasteiger partial charge in [0.05, 0.1) is 25.4 Å². The van der Waals surface area contributed by atoms with Crippen LogP contribution in [0.5, 0.6) is 0 Å². The van der Waals surface area contributed by atoms with Crippen molar-refractivity contribution in [3.8, 4) is 11.7 Å². The molecule has 1 aromatic carbocycles. The summed E-state index contributed by atoms with van der Waals surface area (Å²) in [4.78, 5) is 16.2. The Morgan fingerprint density at radius 3 is 2.76 bits per heavy atom. The molecule has 0 radical (unpaired) electrons. The standard InChI is InChI=1S/C18H20N4O3/c1-12-5-7-14(8-6-12)13(2)20-17(23)11-19-10-16-21-18(25-22-16)15-4-3-9-24-15/h3-9,13,19H,10-11H2,1-2H3,(H,20,23)/t13-/m0/s1. The zero-order valence-corrected chi connectivity index (χ0v) is 14.2. The number of nitrogens with one attached hydrogen (secondary N) is 2. The molecule has 25 heavy (non-hydrogen) atoms. The van der Waals surface area contributed by atoms with Crippen LogP contribution < -0.4 is 10.6 Å². The van der Waals surface area contributed by atoms with Crippen LogP contribution in [0.25, 0.3) is 11.7 Å². The predicted octanol–water partition coefficient (Wildman–Crippen LogP) is 2.61. The third kappa shape index (κ3) is 4.54. The van der Waals surface area contributed by atoms with Gasteiger partial charge in [0.25, 0.3) is 5.89 Å². The van der Waals surface area contributed by atoms with Gasteiger partial charge in [-0.2, -0.15) is 4.98 Å². The maximum Gasteiger partial charge on any atom is 0.293 e. The molecule has 2 aromatic heterocycles.